The maximum atomic E-state index is 13.9. The van der Waals surface area contributed by atoms with Crippen molar-refractivity contribution >= 4 is 23.2 Å². The highest BCUT2D eigenvalue weighted by molar-refractivity contribution is 6.30. The van der Waals surface area contributed by atoms with E-state index in [4.69, 9.17) is 17.3 Å². The molecule has 0 bridgehead atoms. The molecule has 110 valence electrons. The molecule has 2 rings (SSSR count). The predicted octanol–water partition coefficient (Wildman–Crippen LogP) is 4.14. The number of hydrogen-bond donors (Lipinski definition) is 2. The molecule has 2 aromatic carbocycles. The summed E-state index contributed by atoms with van der Waals surface area (Å²) >= 11 is 5.87. The third kappa shape index (κ3) is 3.73. The van der Waals surface area contributed by atoms with Crippen LogP contribution in [0, 0.1) is 5.82 Å². The lowest BCUT2D eigenvalue weighted by atomic mass is 10.0. The van der Waals surface area contributed by atoms with Gasteiger partial charge < -0.3 is 11.1 Å². The topological polar surface area (TPSA) is 55.1 Å². The van der Waals surface area contributed by atoms with Gasteiger partial charge in [-0.25, -0.2) is 4.39 Å². The molecule has 0 saturated carbocycles. The molecule has 0 aliphatic carbocycles. The molecule has 0 fully saturated rings. The number of carbonyl (C=O) groups excluding carboxylic acids is 1. The molecule has 0 aliphatic heterocycles. The van der Waals surface area contributed by atoms with Gasteiger partial charge in [0.05, 0.1) is 11.7 Å². The Morgan fingerprint density at radius 1 is 1.29 bits per heavy atom. The first-order valence-electron chi connectivity index (χ1n) is 6.62. The van der Waals surface area contributed by atoms with Crippen LogP contribution in [0.2, 0.25) is 5.02 Å². The van der Waals surface area contributed by atoms with Crippen LogP contribution >= 0.6 is 11.6 Å². The smallest absolute Gasteiger partial charge is 0.248 e. The first-order valence-corrected chi connectivity index (χ1v) is 7.00. The maximum absolute atomic E-state index is 13.9. The Kier molecular flexibility index (Phi) is 4.81. The number of rotatable bonds is 5. The van der Waals surface area contributed by atoms with Gasteiger partial charge in [0, 0.05) is 10.6 Å². The fraction of sp³-hybridized carbons (Fsp3) is 0.188. The normalized spacial score (nSPS) is 12.0. The lowest BCUT2D eigenvalue weighted by Gasteiger charge is -2.19. The molecule has 2 aromatic rings. The summed E-state index contributed by atoms with van der Waals surface area (Å²) in [6, 6.07) is 11.3. The summed E-state index contributed by atoms with van der Waals surface area (Å²) in [5.41, 5.74) is 6.74. The highest BCUT2D eigenvalue weighted by atomic mass is 35.5. The fourth-order valence-corrected chi connectivity index (χ4v) is 2.22. The van der Waals surface area contributed by atoms with Crippen molar-refractivity contribution in [2.75, 3.05) is 5.32 Å². The van der Waals surface area contributed by atoms with E-state index in [1.165, 1.54) is 18.2 Å². The van der Waals surface area contributed by atoms with Crippen LogP contribution in [0.1, 0.15) is 35.3 Å². The number of hydrogen-bond acceptors (Lipinski definition) is 2. The zero-order chi connectivity index (χ0) is 15.4. The van der Waals surface area contributed by atoms with Crippen LogP contribution < -0.4 is 11.1 Å². The average molecular weight is 307 g/mol. The number of benzene rings is 2. The second kappa shape index (κ2) is 6.59. The van der Waals surface area contributed by atoms with Crippen molar-refractivity contribution < 1.29 is 9.18 Å². The molecular formula is C16H16ClFN2O. The second-order valence-corrected chi connectivity index (χ2v) is 5.15. The van der Waals surface area contributed by atoms with Gasteiger partial charge in [0.1, 0.15) is 5.82 Å². The van der Waals surface area contributed by atoms with Crippen LogP contribution in [0.3, 0.4) is 0 Å². The zero-order valence-corrected chi connectivity index (χ0v) is 12.3. The molecule has 1 unspecified atom stereocenters. The van der Waals surface area contributed by atoms with Gasteiger partial charge >= 0.3 is 0 Å². The van der Waals surface area contributed by atoms with E-state index in [1.54, 1.807) is 12.1 Å². The molecular weight excluding hydrogens is 291 g/mol. The van der Waals surface area contributed by atoms with Gasteiger partial charge in [0.25, 0.3) is 0 Å². The number of amides is 1. The minimum absolute atomic E-state index is 0.0834. The van der Waals surface area contributed by atoms with Crippen LogP contribution in [0.4, 0.5) is 10.1 Å². The van der Waals surface area contributed by atoms with Crippen molar-refractivity contribution in [2.24, 2.45) is 5.73 Å². The highest BCUT2D eigenvalue weighted by Gasteiger charge is 2.13. The summed E-state index contributed by atoms with van der Waals surface area (Å²) in [5, 5.41) is 3.75. The summed E-state index contributed by atoms with van der Waals surface area (Å²) in [6.07, 6.45) is 0.752. The molecule has 3 N–H and O–H groups in total. The quantitative estimate of drug-likeness (QED) is 0.872. The number of carbonyl (C=O) groups is 1. The molecule has 1 atom stereocenters. The monoisotopic (exact) mass is 306 g/mol. The van der Waals surface area contributed by atoms with Crippen LogP contribution in [0.25, 0.3) is 0 Å². The number of primary amides is 1. The van der Waals surface area contributed by atoms with Gasteiger partial charge in [0.15, 0.2) is 0 Å². The number of anilines is 1. The number of nitrogens with one attached hydrogen (secondary N) is 1. The molecule has 0 saturated heterocycles. The van der Waals surface area contributed by atoms with E-state index in [-0.39, 0.29) is 17.3 Å². The maximum Gasteiger partial charge on any atom is 0.248 e. The van der Waals surface area contributed by atoms with Crippen molar-refractivity contribution in [3.63, 3.8) is 0 Å². The van der Waals surface area contributed by atoms with Crippen molar-refractivity contribution in [3.05, 3.63) is 64.4 Å². The Balaban J connectivity index is 2.28. The molecule has 3 nitrogen and oxygen atoms in total. The van der Waals surface area contributed by atoms with E-state index in [9.17, 15) is 9.18 Å². The van der Waals surface area contributed by atoms with Crippen molar-refractivity contribution in [2.45, 2.75) is 19.4 Å². The van der Waals surface area contributed by atoms with Gasteiger partial charge in [-0.1, -0.05) is 30.7 Å². The van der Waals surface area contributed by atoms with E-state index in [0.717, 1.165) is 12.0 Å². The predicted molar refractivity (Wildman–Crippen MR) is 83.0 cm³/mol. The first-order chi connectivity index (χ1) is 10.0. The van der Waals surface area contributed by atoms with Crippen LogP contribution in [0.5, 0.6) is 0 Å². The fourth-order valence-electron chi connectivity index (χ4n) is 2.09. The molecule has 0 aromatic heterocycles. The molecule has 1 amide bonds. The summed E-state index contributed by atoms with van der Waals surface area (Å²) in [6.45, 7) is 1.99. The summed E-state index contributed by atoms with van der Waals surface area (Å²) < 4.78 is 13.9. The highest BCUT2D eigenvalue weighted by Crippen LogP contribution is 2.26. The third-order valence-corrected chi connectivity index (χ3v) is 3.51. The Morgan fingerprint density at radius 3 is 2.52 bits per heavy atom. The van der Waals surface area contributed by atoms with Gasteiger partial charge in [-0.2, -0.15) is 0 Å². The van der Waals surface area contributed by atoms with Crippen molar-refractivity contribution in [1.29, 1.82) is 0 Å². The van der Waals surface area contributed by atoms with Gasteiger partial charge in [-0.15, -0.1) is 0 Å². The second-order valence-electron chi connectivity index (χ2n) is 4.72. The summed E-state index contributed by atoms with van der Waals surface area (Å²) in [7, 11) is 0. The number of halogens is 2. The minimum atomic E-state index is -0.586. The van der Waals surface area contributed by atoms with Crippen LogP contribution in [-0.4, -0.2) is 5.91 Å². The molecule has 0 spiro atoms. The van der Waals surface area contributed by atoms with Gasteiger partial charge in [-0.05, 0) is 42.3 Å². The SMILES string of the molecule is CCC(Nc1cc(C(N)=O)ccc1F)c1ccc(Cl)cc1. The Labute approximate surface area is 127 Å². The molecule has 5 heteroatoms. The number of nitrogens with two attached hydrogens (primary N) is 1. The van der Waals surface area contributed by atoms with Crippen molar-refractivity contribution in [1.82, 2.24) is 0 Å². The van der Waals surface area contributed by atoms with Gasteiger partial charge in [-0.3, -0.25) is 4.79 Å². The van der Waals surface area contributed by atoms with E-state index in [1.807, 2.05) is 19.1 Å². The largest absolute Gasteiger partial charge is 0.376 e. The Morgan fingerprint density at radius 2 is 1.95 bits per heavy atom. The first kappa shape index (κ1) is 15.3. The van der Waals surface area contributed by atoms with E-state index < -0.39 is 11.7 Å². The van der Waals surface area contributed by atoms with E-state index >= 15 is 0 Å². The minimum Gasteiger partial charge on any atom is -0.376 e. The average Bonchev–Trinajstić information content (AvgIpc) is 2.47. The van der Waals surface area contributed by atoms with Crippen molar-refractivity contribution in [3.8, 4) is 0 Å². The van der Waals surface area contributed by atoms with E-state index in [0.29, 0.717) is 5.02 Å². The lowest BCUT2D eigenvalue weighted by Crippen LogP contribution is -2.14. The summed E-state index contributed by atoms with van der Waals surface area (Å²) in [5.74, 6) is -1.01. The Hall–Kier alpha value is -2.07. The summed E-state index contributed by atoms with van der Waals surface area (Å²) in [4.78, 5) is 11.2. The lowest BCUT2D eigenvalue weighted by molar-refractivity contribution is 0.100. The standard InChI is InChI=1S/C16H16ClFN2O/c1-2-14(10-3-6-12(17)7-4-10)20-15-9-11(16(19)21)5-8-13(15)18/h3-9,14,20H,2H2,1H3,(H2,19,21). The Bertz CT molecular complexity index is 643. The molecule has 21 heavy (non-hydrogen) atoms. The third-order valence-electron chi connectivity index (χ3n) is 3.26. The van der Waals surface area contributed by atoms with Gasteiger partial charge in [0.2, 0.25) is 5.91 Å². The molecule has 0 radical (unpaired) electrons. The van der Waals surface area contributed by atoms with E-state index in [2.05, 4.69) is 5.32 Å². The molecule has 0 aliphatic rings. The van der Waals surface area contributed by atoms with Crippen LogP contribution in [-0.2, 0) is 0 Å². The zero-order valence-electron chi connectivity index (χ0n) is 11.6. The molecule has 0 heterocycles. The van der Waals surface area contributed by atoms with Crippen LogP contribution in [0.15, 0.2) is 42.5 Å².